The molecule has 1 aromatic heterocycles. The van der Waals surface area contributed by atoms with Gasteiger partial charge in [-0.2, -0.15) is 9.36 Å². The molecule has 0 saturated carbocycles. The summed E-state index contributed by atoms with van der Waals surface area (Å²) in [5, 5.41) is 4.44. The zero-order valence-electron chi connectivity index (χ0n) is 11.7. The van der Waals surface area contributed by atoms with Gasteiger partial charge in [-0.1, -0.05) is 0 Å². The van der Waals surface area contributed by atoms with Crippen LogP contribution < -0.4 is 10.2 Å². The molecule has 1 N–H and O–H groups in total. The van der Waals surface area contributed by atoms with E-state index in [1.165, 1.54) is 37.5 Å². The number of likely N-dealkylation sites (tertiary alicyclic amines) is 1. The van der Waals surface area contributed by atoms with Gasteiger partial charge in [0.1, 0.15) is 0 Å². The molecule has 2 rings (SSSR count). The molecular weight excluding hydrogens is 246 g/mol. The van der Waals surface area contributed by atoms with Gasteiger partial charge in [-0.05, 0) is 45.8 Å². The highest BCUT2D eigenvalue weighted by molar-refractivity contribution is 7.09. The van der Waals surface area contributed by atoms with Crippen LogP contribution in [0.3, 0.4) is 0 Å². The Balaban J connectivity index is 1.88. The lowest BCUT2D eigenvalue weighted by Gasteiger charge is -2.32. The normalized spacial score (nSPS) is 19.8. The monoisotopic (exact) mass is 269 g/mol. The van der Waals surface area contributed by atoms with Crippen LogP contribution in [-0.4, -0.2) is 54.5 Å². The van der Waals surface area contributed by atoms with E-state index in [9.17, 15) is 0 Å². The van der Waals surface area contributed by atoms with Crippen molar-refractivity contribution < 1.29 is 0 Å². The Hall–Kier alpha value is -0.880. The van der Waals surface area contributed by atoms with Gasteiger partial charge in [-0.15, -0.1) is 0 Å². The van der Waals surface area contributed by atoms with Gasteiger partial charge in [0, 0.05) is 31.7 Å². The Kier molecular flexibility index (Phi) is 4.40. The molecular formula is C12H23N5S. The van der Waals surface area contributed by atoms with Crippen molar-refractivity contribution in [2.45, 2.75) is 25.8 Å². The summed E-state index contributed by atoms with van der Waals surface area (Å²) in [6, 6.07) is 0.474. The number of anilines is 2. The molecule has 0 aliphatic carbocycles. The van der Waals surface area contributed by atoms with E-state index in [0.29, 0.717) is 6.04 Å². The highest BCUT2D eigenvalue weighted by Gasteiger charge is 2.23. The maximum atomic E-state index is 4.47. The van der Waals surface area contributed by atoms with Crippen LogP contribution in [-0.2, 0) is 0 Å². The smallest absolute Gasteiger partial charge is 0.238 e. The summed E-state index contributed by atoms with van der Waals surface area (Å²) in [6.07, 6.45) is 2.54. The molecule has 1 saturated heterocycles. The van der Waals surface area contributed by atoms with E-state index in [-0.39, 0.29) is 0 Å². The fraction of sp³-hybridized carbons (Fsp3) is 0.833. The minimum atomic E-state index is 0.474. The standard InChI is InChI=1S/C12H23N5S/c1-9(10-5-7-17(4)8-6-10)13-12-14-11(15-18-12)16(2)3/h9-10H,5-8H2,1-4H3,(H,13,14,15). The molecule has 0 bridgehead atoms. The molecule has 1 unspecified atom stereocenters. The predicted octanol–water partition coefficient (Wildman–Crippen LogP) is 1.75. The van der Waals surface area contributed by atoms with E-state index < -0.39 is 0 Å². The quantitative estimate of drug-likeness (QED) is 0.902. The van der Waals surface area contributed by atoms with E-state index in [1.54, 1.807) is 0 Å². The van der Waals surface area contributed by atoms with Crippen molar-refractivity contribution in [2.24, 2.45) is 5.92 Å². The first-order valence-electron chi connectivity index (χ1n) is 6.52. The third-order valence-electron chi connectivity index (χ3n) is 3.64. The van der Waals surface area contributed by atoms with Crippen molar-refractivity contribution in [3.8, 4) is 0 Å². The maximum Gasteiger partial charge on any atom is 0.238 e. The molecule has 18 heavy (non-hydrogen) atoms. The second-order valence-electron chi connectivity index (χ2n) is 5.37. The van der Waals surface area contributed by atoms with Gasteiger partial charge in [-0.3, -0.25) is 0 Å². The number of piperidine rings is 1. The summed E-state index contributed by atoms with van der Waals surface area (Å²) in [4.78, 5) is 8.80. The van der Waals surface area contributed by atoms with Gasteiger partial charge in [0.15, 0.2) is 0 Å². The summed E-state index contributed by atoms with van der Waals surface area (Å²) < 4.78 is 4.31. The molecule has 0 radical (unpaired) electrons. The highest BCUT2D eigenvalue weighted by Crippen LogP contribution is 2.24. The summed E-state index contributed by atoms with van der Waals surface area (Å²) in [5.41, 5.74) is 0. The van der Waals surface area contributed by atoms with Crippen LogP contribution in [0.1, 0.15) is 19.8 Å². The Morgan fingerprint density at radius 1 is 1.39 bits per heavy atom. The van der Waals surface area contributed by atoms with Crippen molar-refractivity contribution in [3.05, 3.63) is 0 Å². The Bertz CT molecular complexity index is 370. The molecule has 2 heterocycles. The molecule has 0 spiro atoms. The fourth-order valence-electron chi connectivity index (χ4n) is 2.30. The summed E-state index contributed by atoms with van der Waals surface area (Å²) in [5.74, 6) is 1.53. The lowest BCUT2D eigenvalue weighted by molar-refractivity contribution is 0.208. The Morgan fingerprint density at radius 3 is 2.61 bits per heavy atom. The number of rotatable bonds is 4. The molecule has 5 nitrogen and oxygen atoms in total. The van der Waals surface area contributed by atoms with Crippen LogP contribution in [0.4, 0.5) is 11.1 Å². The van der Waals surface area contributed by atoms with Gasteiger partial charge in [0.2, 0.25) is 11.1 Å². The summed E-state index contributed by atoms with van der Waals surface area (Å²) in [7, 11) is 6.13. The fourth-order valence-corrected chi connectivity index (χ4v) is 3.03. The highest BCUT2D eigenvalue weighted by atomic mass is 32.1. The van der Waals surface area contributed by atoms with Gasteiger partial charge >= 0.3 is 0 Å². The molecule has 0 aromatic carbocycles. The van der Waals surface area contributed by atoms with Crippen molar-refractivity contribution in [1.29, 1.82) is 0 Å². The number of hydrogen-bond donors (Lipinski definition) is 1. The first-order chi connectivity index (χ1) is 8.56. The van der Waals surface area contributed by atoms with E-state index in [2.05, 4.69) is 33.5 Å². The van der Waals surface area contributed by atoms with Gasteiger partial charge in [-0.25, -0.2) is 0 Å². The second-order valence-corrected chi connectivity index (χ2v) is 6.12. The van der Waals surface area contributed by atoms with Crippen molar-refractivity contribution >= 4 is 22.6 Å². The van der Waals surface area contributed by atoms with Crippen LogP contribution in [0.2, 0.25) is 0 Å². The van der Waals surface area contributed by atoms with Crippen LogP contribution >= 0.6 is 11.5 Å². The van der Waals surface area contributed by atoms with Crippen molar-refractivity contribution in [1.82, 2.24) is 14.3 Å². The molecule has 0 amide bonds. The number of aromatic nitrogens is 2. The van der Waals surface area contributed by atoms with Crippen LogP contribution in [0.25, 0.3) is 0 Å². The molecule has 1 fully saturated rings. The van der Waals surface area contributed by atoms with Crippen molar-refractivity contribution in [2.75, 3.05) is 44.4 Å². The minimum Gasteiger partial charge on any atom is -0.358 e. The Labute approximate surface area is 113 Å². The van der Waals surface area contributed by atoms with E-state index >= 15 is 0 Å². The lowest BCUT2D eigenvalue weighted by Crippen LogP contribution is -2.37. The maximum absolute atomic E-state index is 4.47. The third-order valence-corrected chi connectivity index (χ3v) is 4.27. The summed E-state index contributed by atoms with van der Waals surface area (Å²) >= 11 is 1.45. The molecule has 102 valence electrons. The first-order valence-corrected chi connectivity index (χ1v) is 7.29. The molecule has 6 heteroatoms. The number of nitrogens with one attached hydrogen (secondary N) is 1. The third kappa shape index (κ3) is 3.32. The largest absolute Gasteiger partial charge is 0.358 e. The minimum absolute atomic E-state index is 0.474. The number of hydrogen-bond acceptors (Lipinski definition) is 6. The van der Waals surface area contributed by atoms with E-state index in [0.717, 1.165) is 17.0 Å². The molecule has 1 atom stereocenters. The zero-order valence-corrected chi connectivity index (χ0v) is 12.5. The summed E-state index contributed by atoms with van der Waals surface area (Å²) in [6.45, 7) is 4.66. The first kappa shape index (κ1) is 13.5. The second kappa shape index (κ2) is 5.84. The topological polar surface area (TPSA) is 44.3 Å². The van der Waals surface area contributed by atoms with Gasteiger partial charge in [0.25, 0.3) is 0 Å². The SMILES string of the molecule is CC(Nc1nc(N(C)C)ns1)C1CCN(C)CC1. The van der Waals surface area contributed by atoms with Crippen LogP contribution in [0.5, 0.6) is 0 Å². The Morgan fingerprint density at radius 2 is 2.06 bits per heavy atom. The van der Waals surface area contributed by atoms with Crippen LogP contribution in [0, 0.1) is 5.92 Å². The molecule has 1 aliphatic rings. The lowest BCUT2D eigenvalue weighted by atomic mass is 9.91. The van der Waals surface area contributed by atoms with E-state index in [1.807, 2.05) is 19.0 Å². The molecule has 1 aliphatic heterocycles. The number of nitrogens with zero attached hydrogens (tertiary/aromatic N) is 4. The van der Waals surface area contributed by atoms with E-state index in [4.69, 9.17) is 0 Å². The van der Waals surface area contributed by atoms with Crippen LogP contribution in [0.15, 0.2) is 0 Å². The van der Waals surface area contributed by atoms with Gasteiger partial charge in [0.05, 0.1) is 0 Å². The predicted molar refractivity (Wildman–Crippen MR) is 77.5 cm³/mol. The van der Waals surface area contributed by atoms with Crippen molar-refractivity contribution in [3.63, 3.8) is 0 Å². The average Bonchev–Trinajstić information content (AvgIpc) is 2.78. The molecule has 1 aromatic rings. The zero-order chi connectivity index (χ0) is 13.1. The van der Waals surface area contributed by atoms with Gasteiger partial charge < -0.3 is 15.1 Å². The average molecular weight is 269 g/mol.